The van der Waals surface area contributed by atoms with Crippen molar-refractivity contribution in [1.82, 2.24) is 9.97 Å². The molecule has 144 valence electrons. The lowest BCUT2D eigenvalue weighted by molar-refractivity contribution is 0.311. The number of hydrogen-bond donors (Lipinski definition) is 2. The summed E-state index contributed by atoms with van der Waals surface area (Å²) in [7, 11) is 1.54. The molecule has 2 aromatic carbocycles. The Hall–Kier alpha value is -3.32. The van der Waals surface area contributed by atoms with Gasteiger partial charge in [-0.05, 0) is 24.6 Å². The van der Waals surface area contributed by atoms with E-state index in [1.807, 2.05) is 37.3 Å². The molecule has 0 fully saturated rings. The molecule has 0 saturated heterocycles. The van der Waals surface area contributed by atoms with Crippen molar-refractivity contribution in [2.24, 2.45) is 5.10 Å². The van der Waals surface area contributed by atoms with Crippen molar-refractivity contribution in [3.05, 3.63) is 69.5 Å². The minimum absolute atomic E-state index is 0.228. The summed E-state index contributed by atoms with van der Waals surface area (Å²) in [6.45, 7) is 2.34. The van der Waals surface area contributed by atoms with Crippen LogP contribution >= 0.6 is 11.6 Å². The van der Waals surface area contributed by atoms with Gasteiger partial charge in [-0.1, -0.05) is 41.9 Å². The summed E-state index contributed by atoms with van der Waals surface area (Å²) < 4.78 is 10.8. The van der Waals surface area contributed by atoms with Gasteiger partial charge in [0.15, 0.2) is 11.5 Å². The summed E-state index contributed by atoms with van der Waals surface area (Å²) in [6.07, 6.45) is 1.54. The highest BCUT2D eigenvalue weighted by Gasteiger charge is 2.11. The number of rotatable bonds is 7. The first-order valence-corrected chi connectivity index (χ1v) is 8.94. The number of H-pyrrole nitrogens is 1. The maximum Gasteiger partial charge on any atom is 0.252 e. The molecule has 0 radical (unpaired) electrons. The molecule has 3 aromatic rings. The third-order valence-corrected chi connectivity index (χ3v) is 4.02. The number of ether oxygens (including phenoxy) is 2. The van der Waals surface area contributed by atoms with Gasteiger partial charge in [0.25, 0.3) is 5.56 Å². The monoisotopic (exact) mass is 398 g/mol. The van der Waals surface area contributed by atoms with Crippen molar-refractivity contribution in [2.75, 3.05) is 19.1 Å². The van der Waals surface area contributed by atoms with Crippen LogP contribution in [0.3, 0.4) is 0 Å². The highest BCUT2D eigenvalue weighted by Crippen LogP contribution is 2.36. The largest absolute Gasteiger partial charge is 0.493 e. The molecule has 0 bridgehead atoms. The topological polar surface area (TPSA) is 88.6 Å². The average Bonchev–Trinajstić information content (AvgIpc) is 2.70. The van der Waals surface area contributed by atoms with Crippen molar-refractivity contribution in [3.8, 4) is 22.8 Å². The van der Waals surface area contributed by atoms with E-state index in [-0.39, 0.29) is 11.5 Å². The number of benzene rings is 2. The molecule has 1 aromatic heterocycles. The molecule has 8 heteroatoms. The number of anilines is 1. The van der Waals surface area contributed by atoms with E-state index in [4.69, 9.17) is 21.1 Å². The number of hydrogen-bond acceptors (Lipinski definition) is 6. The van der Waals surface area contributed by atoms with Crippen LogP contribution in [0.15, 0.2) is 58.4 Å². The highest BCUT2D eigenvalue weighted by molar-refractivity contribution is 6.32. The zero-order valence-electron chi connectivity index (χ0n) is 15.4. The molecule has 0 aliphatic heterocycles. The molecule has 28 heavy (non-hydrogen) atoms. The Morgan fingerprint density at radius 1 is 1.25 bits per heavy atom. The maximum atomic E-state index is 11.9. The molecular formula is C20H19ClN4O3. The fourth-order valence-electron chi connectivity index (χ4n) is 2.53. The fourth-order valence-corrected chi connectivity index (χ4v) is 2.81. The van der Waals surface area contributed by atoms with Gasteiger partial charge in [-0.3, -0.25) is 9.78 Å². The van der Waals surface area contributed by atoms with Gasteiger partial charge in [0.1, 0.15) is 0 Å². The molecular weight excluding hydrogens is 380 g/mol. The number of aromatic amines is 1. The molecule has 0 atom stereocenters. The Morgan fingerprint density at radius 2 is 2.04 bits per heavy atom. The Morgan fingerprint density at radius 3 is 2.75 bits per heavy atom. The van der Waals surface area contributed by atoms with Crippen LogP contribution in [-0.2, 0) is 0 Å². The number of nitrogens with one attached hydrogen (secondary N) is 2. The van der Waals surface area contributed by atoms with Gasteiger partial charge in [-0.15, -0.1) is 0 Å². The Labute approximate surface area is 167 Å². The van der Waals surface area contributed by atoms with Crippen LogP contribution in [0, 0.1) is 0 Å². The normalized spacial score (nSPS) is 10.8. The zero-order valence-corrected chi connectivity index (χ0v) is 16.2. The highest BCUT2D eigenvalue weighted by atomic mass is 35.5. The van der Waals surface area contributed by atoms with Gasteiger partial charge in [0, 0.05) is 11.6 Å². The van der Waals surface area contributed by atoms with Gasteiger partial charge < -0.3 is 9.47 Å². The van der Waals surface area contributed by atoms with E-state index < -0.39 is 0 Å². The van der Waals surface area contributed by atoms with E-state index >= 15 is 0 Å². The standard InChI is InChI=1S/C20H19ClN4O3/c1-3-28-19-15(21)9-13(10-17(19)27-2)12-22-25-20-23-16(11-18(26)24-20)14-7-5-4-6-8-14/h4-12H,3H2,1-2H3,(H2,23,24,25,26)/b22-12-. The van der Waals surface area contributed by atoms with E-state index in [9.17, 15) is 4.79 Å². The predicted octanol–water partition coefficient (Wildman–Crippen LogP) is 3.94. The van der Waals surface area contributed by atoms with E-state index in [0.717, 1.165) is 5.56 Å². The summed E-state index contributed by atoms with van der Waals surface area (Å²) in [5.41, 5.74) is 4.53. The summed E-state index contributed by atoms with van der Waals surface area (Å²) >= 11 is 6.25. The van der Waals surface area contributed by atoms with Crippen LogP contribution in [0.4, 0.5) is 5.95 Å². The predicted molar refractivity (Wildman–Crippen MR) is 111 cm³/mol. The van der Waals surface area contributed by atoms with Crippen molar-refractivity contribution >= 4 is 23.8 Å². The minimum atomic E-state index is -0.280. The first-order chi connectivity index (χ1) is 13.6. The van der Waals surface area contributed by atoms with E-state index in [0.29, 0.717) is 34.4 Å². The van der Waals surface area contributed by atoms with Crippen molar-refractivity contribution in [1.29, 1.82) is 0 Å². The lowest BCUT2D eigenvalue weighted by Crippen LogP contribution is -2.10. The summed E-state index contributed by atoms with van der Waals surface area (Å²) in [4.78, 5) is 18.9. The van der Waals surface area contributed by atoms with Crippen LogP contribution in [0.1, 0.15) is 12.5 Å². The maximum absolute atomic E-state index is 11.9. The number of nitrogens with zero attached hydrogens (tertiary/aromatic N) is 2. The minimum Gasteiger partial charge on any atom is -0.493 e. The molecule has 0 amide bonds. The van der Waals surface area contributed by atoms with Crippen LogP contribution < -0.4 is 20.5 Å². The van der Waals surface area contributed by atoms with Gasteiger partial charge >= 0.3 is 0 Å². The van der Waals surface area contributed by atoms with E-state index in [1.165, 1.54) is 13.2 Å². The lowest BCUT2D eigenvalue weighted by atomic mass is 10.1. The number of halogens is 1. The summed E-state index contributed by atoms with van der Waals surface area (Å²) in [5.74, 6) is 1.22. The SMILES string of the molecule is CCOc1c(Cl)cc(/C=N\Nc2nc(-c3ccccc3)cc(=O)[nH]2)cc1OC. The molecule has 0 unspecified atom stereocenters. The smallest absolute Gasteiger partial charge is 0.252 e. The molecule has 3 rings (SSSR count). The Balaban J connectivity index is 1.81. The molecule has 0 aliphatic carbocycles. The quantitative estimate of drug-likeness (QED) is 0.464. The first-order valence-electron chi connectivity index (χ1n) is 8.57. The lowest BCUT2D eigenvalue weighted by Gasteiger charge is -2.11. The second kappa shape index (κ2) is 9.05. The third kappa shape index (κ3) is 4.69. The van der Waals surface area contributed by atoms with Crippen LogP contribution in [-0.4, -0.2) is 29.9 Å². The summed E-state index contributed by atoms with van der Waals surface area (Å²) in [6, 6.07) is 14.3. The van der Waals surface area contributed by atoms with Gasteiger partial charge in [0.05, 0.1) is 30.6 Å². The molecule has 0 saturated carbocycles. The summed E-state index contributed by atoms with van der Waals surface area (Å²) in [5, 5.41) is 4.53. The first kappa shape index (κ1) is 19.4. The fraction of sp³-hybridized carbons (Fsp3) is 0.150. The van der Waals surface area contributed by atoms with Crippen LogP contribution in [0.5, 0.6) is 11.5 Å². The van der Waals surface area contributed by atoms with Gasteiger partial charge in [-0.25, -0.2) is 10.4 Å². The average molecular weight is 399 g/mol. The Bertz CT molecular complexity index is 1040. The zero-order chi connectivity index (χ0) is 19.9. The second-order valence-electron chi connectivity index (χ2n) is 5.68. The third-order valence-electron chi connectivity index (χ3n) is 3.74. The van der Waals surface area contributed by atoms with Gasteiger partial charge in [-0.2, -0.15) is 5.10 Å². The van der Waals surface area contributed by atoms with Crippen LogP contribution in [0.25, 0.3) is 11.3 Å². The Kier molecular flexibility index (Phi) is 6.29. The number of hydrazone groups is 1. The molecule has 0 spiro atoms. The molecule has 7 nitrogen and oxygen atoms in total. The number of methoxy groups -OCH3 is 1. The van der Waals surface area contributed by atoms with E-state index in [1.54, 1.807) is 18.3 Å². The second-order valence-corrected chi connectivity index (χ2v) is 6.09. The van der Waals surface area contributed by atoms with Crippen molar-refractivity contribution < 1.29 is 9.47 Å². The number of aromatic nitrogens is 2. The molecule has 2 N–H and O–H groups in total. The molecule has 1 heterocycles. The molecule has 0 aliphatic rings. The van der Waals surface area contributed by atoms with E-state index in [2.05, 4.69) is 20.5 Å². The van der Waals surface area contributed by atoms with Crippen molar-refractivity contribution in [2.45, 2.75) is 6.92 Å². The van der Waals surface area contributed by atoms with Crippen molar-refractivity contribution in [3.63, 3.8) is 0 Å². The van der Waals surface area contributed by atoms with Crippen LogP contribution in [0.2, 0.25) is 5.02 Å². The van der Waals surface area contributed by atoms with Gasteiger partial charge in [0.2, 0.25) is 5.95 Å².